The van der Waals surface area contributed by atoms with Gasteiger partial charge in [0.2, 0.25) is 0 Å². The van der Waals surface area contributed by atoms with E-state index in [0.29, 0.717) is 0 Å². The van der Waals surface area contributed by atoms with Crippen LogP contribution in [0.4, 0.5) is 0 Å². The van der Waals surface area contributed by atoms with Gasteiger partial charge in [0.25, 0.3) is 0 Å². The van der Waals surface area contributed by atoms with Gasteiger partial charge in [-0.2, -0.15) is 0 Å². The van der Waals surface area contributed by atoms with Crippen molar-refractivity contribution in [2.45, 2.75) is 33.1 Å². The molecule has 0 atom stereocenters. The van der Waals surface area contributed by atoms with Crippen LogP contribution in [0.1, 0.15) is 32.3 Å². The minimum absolute atomic E-state index is 0.841. The van der Waals surface area contributed by atoms with E-state index in [1.165, 1.54) is 51.3 Å². The van der Waals surface area contributed by atoms with Gasteiger partial charge in [0, 0.05) is 45.8 Å². The smallest absolute Gasteiger partial charge is 0.191 e. The van der Waals surface area contributed by atoms with Gasteiger partial charge in [0.15, 0.2) is 5.96 Å². The monoisotopic (exact) mass is 389 g/mol. The first-order valence-electron chi connectivity index (χ1n) is 10.9. The second kappa shape index (κ2) is 13.4. The lowest BCUT2D eigenvalue weighted by atomic mass is 10.1. The summed E-state index contributed by atoms with van der Waals surface area (Å²) in [5.41, 5.74) is 1.22. The fraction of sp³-hybridized carbons (Fsp3) is 0.682. The molecule has 0 saturated carbocycles. The predicted octanol–water partition coefficient (Wildman–Crippen LogP) is 2.21. The number of aliphatic imine (C=N–C) groups is 1. The minimum Gasteiger partial charge on any atom is -0.496 e. The number of benzene rings is 1. The summed E-state index contributed by atoms with van der Waals surface area (Å²) < 4.78 is 5.42. The van der Waals surface area contributed by atoms with E-state index in [1.807, 2.05) is 12.1 Å². The number of hydrogen-bond acceptors (Lipinski definition) is 4. The molecule has 0 radical (unpaired) electrons. The van der Waals surface area contributed by atoms with E-state index < -0.39 is 0 Å². The summed E-state index contributed by atoms with van der Waals surface area (Å²) in [5.74, 6) is 1.86. The summed E-state index contributed by atoms with van der Waals surface area (Å²) in [7, 11) is 1.72. The second-order valence-electron chi connectivity index (χ2n) is 7.23. The van der Waals surface area contributed by atoms with Crippen LogP contribution in [-0.2, 0) is 6.42 Å². The first-order valence-corrected chi connectivity index (χ1v) is 10.9. The molecular formula is C22H39N5O. The highest BCUT2D eigenvalue weighted by Gasteiger charge is 2.14. The lowest BCUT2D eigenvalue weighted by molar-refractivity contribution is 0.136. The number of ether oxygens (including phenoxy) is 1. The molecule has 0 amide bonds. The Bertz CT molecular complexity index is 570. The Morgan fingerprint density at radius 2 is 1.79 bits per heavy atom. The average molecular weight is 390 g/mol. The molecule has 0 spiro atoms. The molecule has 6 nitrogen and oxygen atoms in total. The summed E-state index contributed by atoms with van der Waals surface area (Å²) in [6, 6.07) is 8.19. The third-order valence-corrected chi connectivity index (χ3v) is 5.29. The molecule has 2 N–H and O–H groups in total. The van der Waals surface area contributed by atoms with Crippen LogP contribution in [0.3, 0.4) is 0 Å². The number of hydrogen-bond donors (Lipinski definition) is 2. The maximum Gasteiger partial charge on any atom is 0.191 e. The van der Waals surface area contributed by atoms with Crippen molar-refractivity contribution in [2.24, 2.45) is 4.99 Å². The number of nitrogens with zero attached hydrogens (tertiary/aromatic N) is 3. The van der Waals surface area contributed by atoms with Crippen LogP contribution in [0.2, 0.25) is 0 Å². The zero-order valence-electron chi connectivity index (χ0n) is 18.0. The standard InChI is InChI=1S/C22H39N5O/c1-4-23-22(25-14-12-20-10-6-7-11-21(20)28-3)24-13-8-9-15-27-18-16-26(5-2)17-19-27/h6-7,10-11H,4-5,8-9,12-19H2,1-3H3,(H2,23,24,25). The SMILES string of the molecule is CCNC(=NCCCCN1CCN(CC)CC1)NCCc1ccccc1OC. The topological polar surface area (TPSA) is 52.1 Å². The molecule has 1 aromatic carbocycles. The van der Waals surface area contributed by atoms with Crippen molar-refractivity contribution in [1.82, 2.24) is 20.4 Å². The maximum absolute atomic E-state index is 5.42. The number of guanidine groups is 1. The van der Waals surface area contributed by atoms with E-state index in [2.05, 4.69) is 46.4 Å². The van der Waals surface area contributed by atoms with E-state index >= 15 is 0 Å². The van der Waals surface area contributed by atoms with E-state index in [1.54, 1.807) is 7.11 Å². The third-order valence-electron chi connectivity index (χ3n) is 5.29. The van der Waals surface area contributed by atoms with Crippen LogP contribution in [0.25, 0.3) is 0 Å². The number of likely N-dealkylation sites (N-methyl/N-ethyl adjacent to an activating group) is 1. The van der Waals surface area contributed by atoms with Crippen LogP contribution in [0.15, 0.2) is 29.3 Å². The highest BCUT2D eigenvalue weighted by molar-refractivity contribution is 5.79. The van der Waals surface area contributed by atoms with Crippen LogP contribution in [0, 0.1) is 0 Å². The molecule has 158 valence electrons. The van der Waals surface area contributed by atoms with Crippen molar-refractivity contribution in [3.63, 3.8) is 0 Å². The number of nitrogens with one attached hydrogen (secondary N) is 2. The Labute approximate surface area is 171 Å². The largest absolute Gasteiger partial charge is 0.496 e. The molecule has 2 rings (SSSR count). The molecule has 1 aliphatic heterocycles. The molecule has 6 heteroatoms. The summed E-state index contributed by atoms with van der Waals surface area (Å²) in [6.07, 6.45) is 3.27. The molecule has 0 unspecified atom stereocenters. The molecule has 1 aliphatic rings. The maximum atomic E-state index is 5.42. The molecule has 1 heterocycles. The van der Waals surface area contributed by atoms with Gasteiger partial charge in [-0.15, -0.1) is 0 Å². The Kier molecular flexibility index (Phi) is 10.8. The molecule has 28 heavy (non-hydrogen) atoms. The van der Waals surface area contributed by atoms with Gasteiger partial charge in [-0.05, 0) is 50.9 Å². The Hall–Kier alpha value is -1.79. The van der Waals surface area contributed by atoms with Crippen molar-refractivity contribution in [2.75, 3.05) is 66.0 Å². The third kappa shape index (κ3) is 8.07. The van der Waals surface area contributed by atoms with Crippen LogP contribution in [-0.4, -0.2) is 81.8 Å². The molecule has 0 bridgehead atoms. The van der Waals surface area contributed by atoms with Gasteiger partial charge < -0.3 is 25.2 Å². The van der Waals surface area contributed by atoms with Gasteiger partial charge >= 0.3 is 0 Å². The second-order valence-corrected chi connectivity index (χ2v) is 7.23. The zero-order valence-corrected chi connectivity index (χ0v) is 18.0. The summed E-state index contributed by atoms with van der Waals surface area (Å²) in [6.45, 7) is 14.2. The zero-order chi connectivity index (χ0) is 20.0. The summed E-state index contributed by atoms with van der Waals surface area (Å²) in [4.78, 5) is 9.85. The molecule has 0 aromatic heterocycles. The molecule has 0 aliphatic carbocycles. The van der Waals surface area contributed by atoms with Crippen molar-refractivity contribution in [3.8, 4) is 5.75 Å². The van der Waals surface area contributed by atoms with E-state index in [0.717, 1.165) is 44.2 Å². The van der Waals surface area contributed by atoms with Crippen LogP contribution < -0.4 is 15.4 Å². The average Bonchev–Trinajstić information content (AvgIpc) is 2.74. The van der Waals surface area contributed by atoms with Crippen molar-refractivity contribution in [1.29, 1.82) is 0 Å². The lowest BCUT2D eigenvalue weighted by Crippen LogP contribution is -2.46. The Morgan fingerprint density at radius 3 is 2.50 bits per heavy atom. The van der Waals surface area contributed by atoms with E-state index in [9.17, 15) is 0 Å². The fourth-order valence-electron chi connectivity index (χ4n) is 3.53. The normalized spacial score (nSPS) is 16.2. The van der Waals surface area contributed by atoms with Gasteiger partial charge in [0.05, 0.1) is 7.11 Å². The number of rotatable bonds is 11. The summed E-state index contributed by atoms with van der Waals surface area (Å²) in [5, 5.41) is 6.78. The lowest BCUT2D eigenvalue weighted by Gasteiger charge is -2.33. The van der Waals surface area contributed by atoms with Crippen molar-refractivity contribution < 1.29 is 4.74 Å². The molecular weight excluding hydrogens is 350 g/mol. The van der Waals surface area contributed by atoms with Gasteiger partial charge in [-0.3, -0.25) is 4.99 Å². The van der Waals surface area contributed by atoms with Crippen LogP contribution in [0.5, 0.6) is 5.75 Å². The molecule has 1 aromatic rings. The molecule has 1 fully saturated rings. The number of para-hydroxylation sites is 1. The number of methoxy groups -OCH3 is 1. The predicted molar refractivity (Wildman–Crippen MR) is 118 cm³/mol. The first-order chi connectivity index (χ1) is 13.8. The summed E-state index contributed by atoms with van der Waals surface area (Å²) >= 11 is 0. The number of piperazine rings is 1. The Morgan fingerprint density at radius 1 is 1.04 bits per heavy atom. The minimum atomic E-state index is 0.841. The van der Waals surface area contributed by atoms with Crippen molar-refractivity contribution >= 4 is 5.96 Å². The Balaban J connectivity index is 1.64. The highest BCUT2D eigenvalue weighted by atomic mass is 16.5. The highest BCUT2D eigenvalue weighted by Crippen LogP contribution is 2.17. The number of unbranched alkanes of at least 4 members (excludes halogenated alkanes) is 1. The molecule has 1 saturated heterocycles. The van der Waals surface area contributed by atoms with Crippen molar-refractivity contribution in [3.05, 3.63) is 29.8 Å². The van der Waals surface area contributed by atoms with E-state index in [-0.39, 0.29) is 0 Å². The van der Waals surface area contributed by atoms with Crippen LogP contribution >= 0.6 is 0 Å². The van der Waals surface area contributed by atoms with Gasteiger partial charge in [-0.25, -0.2) is 0 Å². The first kappa shape index (κ1) is 22.5. The quantitative estimate of drug-likeness (QED) is 0.345. The van der Waals surface area contributed by atoms with Gasteiger partial charge in [-0.1, -0.05) is 25.1 Å². The van der Waals surface area contributed by atoms with E-state index in [4.69, 9.17) is 9.73 Å². The van der Waals surface area contributed by atoms with Gasteiger partial charge in [0.1, 0.15) is 5.75 Å². The fourth-order valence-corrected chi connectivity index (χ4v) is 3.53.